The topological polar surface area (TPSA) is 224 Å². The third kappa shape index (κ3) is 8.85. The molecule has 2 rings (SSSR count). The number of nitrogens with one attached hydrogen (secondary N) is 4. The van der Waals surface area contributed by atoms with Crippen LogP contribution in [0.5, 0.6) is 0 Å². The van der Waals surface area contributed by atoms with Crippen LogP contribution in [0.4, 0.5) is 0 Å². The van der Waals surface area contributed by atoms with Gasteiger partial charge in [0.1, 0.15) is 18.1 Å². The summed E-state index contributed by atoms with van der Waals surface area (Å²) in [6, 6.07) is 2.02. The smallest absolute Gasteiger partial charge is 0.326 e. The molecule has 0 fully saturated rings. The summed E-state index contributed by atoms with van der Waals surface area (Å²) in [5.41, 5.74) is 7.29. The van der Waals surface area contributed by atoms with E-state index in [0.717, 1.165) is 10.9 Å². The molecule has 0 aliphatic carbocycles. The number of benzene rings is 1. The van der Waals surface area contributed by atoms with Gasteiger partial charge in [0.15, 0.2) is 0 Å². The van der Waals surface area contributed by atoms with Crippen molar-refractivity contribution >= 4 is 40.6 Å². The van der Waals surface area contributed by atoms with Gasteiger partial charge in [-0.2, -0.15) is 0 Å². The number of rotatable bonds is 15. The van der Waals surface area contributed by atoms with E-state index >= 15 is 0 Å². The van der Waals surface area contributed by atoms with Gasteiger partial charge in [0.05, 0.1) is 12.6 Å². The summed E-state index contributed by atoms with van der Waals surface area (Å²) < 4.78 is 0. The number of carboxylic acids is 2. The van der Waals surface area contributed by atoms with Crippen LogP contribution in [0, 0.1) is 5.92 Å². The number of hydrogen-bond acceptors (Lipinski definition) is 7. The van der Waals surface area contributed by atoms with Crippen LogP contribution in [0.15, 0.2) is 30.5 Å². The number of amides is 3. The molecule has 0 bridgehead atoms. The third-order valence-electron chi connectivity index (χ3n) is 5.87. The molecule has 4 atom stereocenters. The number of aromatic nitrogens is 1. The zero-order valence-corrected chi connectivity index (χ0v) is 21.3. The Kier molecular flexibility index (Phi) is 11.2. The van der Waals surface area contributed by atoms with Gasteiger partial charge in [-0.1, -0.05) is 32.0 Å². The van der Waals surface area contributed by atoms with E-state index in [1.807, 2.05) is 26.0 Å². The van der Waals surface area contributed by atoms with E-state index < -0.39 is 66.9 Å². The number of aliphatic hydroxyl groups excluding tert-OH is 1. The number of nitrogens with two attached hydrogens (primary N) is 1. The average molecular weight is 534 g/mol. The highest BCUT2D eigenvalue weighted by Crippen LogP contribution is 2.19. The molecule has 38 heavy (non-hydrogen) atoms. The maximum absolute atomic E-state index is 12.9. The number of fused-ring (bicyclic) bond motifs is 1. The van der Waals surface area contributed by atoms with Crippen molar-refractivity contribution in [3.05, 3.63) is 36.0 Å². The minimum absolute atomic E-state index is 0.0672. The Hall–Kier alpha value is -3.97. The van der Waals surface area contributed by atoms with Crippen molar-refractivity contribution in [3.63, 3.8) is 0 Å². The monoisotopic (exact) mass is 533 g/mol. The summed E-state index contributed by atoms with van der Waals surface area (Å²) in [7, 11) is 0. The van der Waals surface area contributed by atoms with Gasteiger partial charge in [-0.25, -0.2) is 4.79 Å². The van der Waals surface area contributed by atoms with Crippen LogP contribution in [0.2, 0.25) is 0 Å². The molecule has 3 amide bonds. The van der Waals surface area contributed by atoms with Crippen molar-refractivity contribution in [2.24, 2.45) is 11.7 Å². The Bertz CT molecular complexity index is 1150. The number of aliphatic carboxylic acids is 2. The number of hydrogen-bond donors (Lipinski definition) is 8. The first kappa shape index (κ1) is 30.3. The van der Waals surface area contributed by atoms with Crippen molar-refractivity contribution < 1.29 is 39.3 Å². The molecular weight excluding hydrogens is 498 g/mol. The number of H-pyrrole nitrogens is 1. The quantitative estimate of drug-likeness (QED) is 0.147. The number of carbonyl (C=O) groups excluding carboxylic acids is 3. The first-order valence-electron chi connectivity index (χ1n) is 12.2. The first-order valence-corrected chi connectivity index (χ1v) is 12.2. The lowest BCUT2D eigenvalue weighted by Crippen LogP contribution is -2.58. The van der Waals surface area contributed by atoms with E-state index in [0.29, 0.717) is 12.0 Å². The van der Waals surface area contributed by atoms with Crippen molar-refractivity contribution in [2.45, 2.75) is 63.7 Å². The molecule has 0 aliphatic rings. The molecule has 0 saturated carbocycles. The van der Waals surface area contributed by atoms with E-state index in [4.69, 9.17) is 10.8 Å². The minimum atomic E-state index is -1.55. The predicted octanol–water partition coefficient (Wildman–Crippen LogP) is -0.520. The van der Waals surface area contributed by atoms with Gasteiger partial charge in [-0.05, 0) is 30.4 Å². The van der Waals surface area contributed by atoms with Crippen LogP contribution < -0.4 is 21.7 Å². The number of carboxylic acid groups (broad SMARTS) is 2. The third-order valence-corrected chi connectivity index (χ3v) is 5.87. The predicted molar refractivity (Wildman–Crippen MR) is 137 cm³/mol. The molecule has 0 saturated heterocycles. The Morgan fingerprint density at radius 1 is 0.921 bits per heavy atom. The van der Waals surface area contributed by atoms with E-state index in [2.05, 4.69) is 20.9 Å². The lowest BCUT2D eigenvalue weighted by Gasteiger charge is -2.24. The molecule has 2 aromatic rings. The molecule has 13 heteroatoms. The fourth-order valence-electron chi connectivity index (χ4n) is 3.89. The molecule has 208 valence electrons. The zero-order valence-electron chi connectivity index (χ0n) is 21.3. The zero-order chi connectivity index (χ0) is 28.4. The lowest BCUT2D eigenvalue weighted by atomic mass is 10.0. The normalized spacial score (nSPS) is 14.3. The van der Waals surface area contributed by atoms with Crippen LogP contribution >= 0.6 is 0 Å². The number of aromatic amines is 1. The van der Waals surface area contributed by atoms with E-state index in [9.17, 15) is 34.2 Å². The largest absolute Gasteiger partial charge is 0.481 e. The highest BCUT2D eigenvalue weighted by atomic mass is 16.4. The van der Waals surface area contributed by atoms with Crippen molar-refractivity contribution in [1.82, 2.24) is 20.9 Å². The molecule has 13 nitrogen and oxygen atoms in total. The molecule has 1 aromatic heterocycles. The molecule has 4 unspecified atom stereocenters. The number of para-hydroxylation sites is 1. The Morgan fingerprint density at radius 2 is 1.53 bits per heavy atom. The number of carbonyl (C=O) groups is 5. The standard InChI is InChI=1S/C25H35N5O8/c1-13(2)9-16(26)22(34)28-18(7-8-21(32)33)23(35)30-20(12-31)24(36)29-19(25(37)38)10-14-11-27-17-6-4-3-5-15(14)17/h3-6,11,13,16,18-20,27,31H,7-10,12,26H2,1-2H3,(H,28,34)(H,29,36)(H,30,35)(H,32,33)(H,37,38). The summed E-state index contributed by atoms with van der Waals surface area (Å²) in [4.78, 5) is 64.0. The molecule has 1 heterocycles. The molecule has 9 N–H and O–H groups in total. The molecule has 0 radical (unpaired) electrons. The van der Waals surface area contributed by atoms with E-state index in [-0.39, 0.29) is 18.8 Å². The van der Waals surface area contributed by atoms with Gasteiger partial charge in [0.2, 0.25) is 17.7 Å². The van der Waals surface area contributed by atoms with Crippen LogP contribution in [0.3, 0.4) is 0 Å². The first-order chi connectivity index (χ1) is 17.9. The van der Waals surface area contributed by atoms with Gasteiger partial charge < -0.3 is 42.0 Å². The lowest BCUT2D eigenvalue weighted by molar-refractivity contribution is -0.142. The molecule has 0 spiro atoms. The van der Waals surface area contributed by atoms with Crippen molar-refractivity contribution in [3.8, 4) is 0 Å². The van der Waals surface area contributed by atoms with E-state index in [1.165, 1.54) is 0 Å². The van der Waals surface area contributed by atoms with Crippen molar-refractivity contribution in [2.75, 3.05) is 6.61 Å². The van der Waals surface area contributed by atoms with Crippen LogP contribution in [0.25, 0.3) is 10.9 Å². The van der Waals surface area contributed by atoms with Gasteiger partial charge in [-0.15, -0.1) is 0 Å². The Morgan fingerprint density at radius 3 is 2.13 bits per heavy atom. The Balaban J connectivity index is 2.10. The van der Waals surface area contributed by atoms with Crippen molar-refractivity contribution in [1.29, 1.82) is 0 Å². The van der Waals surface area contributed by atoms with Gasteiger partial charge in [0.25, 0.3) is 0 Å². The van der Waals surface area contributed by atoms with E-state index in [1.54, 1.807) is 18.3 Å². The number of aliphatic hydroxyl groups is 1. The second kappa shape index (κ2) is 14.1. The Labute approximate surface area is 219 Å². The van der Waals surface area contributed by atoms with Crippen LogP contribution in [0.1, 0.15) is 38.7 Å². The summed E-state index contributed by atoms with van der Waals surface area (Å²) in [5, 5.41) is 36.2. The summed E-state index contributed by atoms with van der Waals surface area (Å²) in [6.07, 6.45) is 1.15. The molecule has 1 aromatic carbocycles. The SMILES string of the molecule is CC(C)CC(N)C(=O)NC(CCC(=O)O)C(=O)NC(CO)C(=O)NC(Cc1c[nH]c2ccccc12)C(=O)O. The second-order valence-electron chi connectivity index (χ2n) is 9.44. The molecule has 0 aliphatic heterocycles. The molecular formula is C25H35N5O8. The fourth-order valence-corrected chi connectivity index (χ4v) is 3.89. The summed E-state index contributed by atoms with van der Waals surface area (Å²) in [5.74, 6) is -4.99. The summed E-state index contributed by atoms with van der Waals surface area (Å²) >= 11 is 0. The van der Waals surface area contributed by atoms with Gasteiger partial charge >= 0.3 is 11.9 Å². The second-order valence-corrected chi connectivity index (χ2v) is 9.44. The minimum Gasteiger partial charge on any atom is -0.481 e. The van der Waals surface area contributed by atoms with Gasteiger partial charge in [0, 0.05) is 29.9 Å². The highest BCUT2D eigenvalue weighted by Gasteiger charge is 2.30. The average Bonchev–Trinajstić information content (AvgIpc) is 3.26. The van der Waals surface area contributed by atoms with Crippen LogP contribution in [-0.4, -0.2) is 80.7 Å². The van der Waals surface area contributed by atoms with Gasteiger partial charge in [-0.3, -0.25) is 19.2 Å². The summed E-state index contributed by atoms with van der Waals surface area (Å²) in [6.45, 7) is 2.84. The maximum Gasteiger partial charge on any atom is 0.326 e. The highest BCUT2D eigenvalue weighted by molar-refractivity contribution is 5.94. The fraction of sp³-hybridized carbons (Fsp3) is 0.480. The van der Waals surface area contributed by atoms with Crippen LogP contribution in [-0.2, 0) is 30.4 Å². The maximum atomic E-state index is 12.9.